The second kappa shape index (κ2) is 6.29. The van der Waals surface area contributed by atoms with Gasteiger partial charge in [0.15, 0.2) is 11.5 Å². The minimum absolute atomic E-state index is 0.0974. The molecule has 4 heteroatoms. The summed E-state index contributed by atoms with van der Waals surface area (Å²) in [7, 11) is 0. The van der Waals surface area contributed by atoms with Crippen molar-refractivity contribution in [3.8, 4) is 0 Å². The number of hydrogen-bond acceptors (Lipinski definition) is 3. The van der Waals surface area contributed by atoms with Crippen LogP contribution in [0.15, 0.2) is 22.6 Å². The Morgan fingerprint density at radius 2 is 2.14 bits per heavy atom. The van der Waals surface area contributed by atoms with E-state index >= 15 is 0 Å². The number of aryl methyl sites for hydroxylation is 1. The summed E-state index contributed by atoms with van der Waals surface area (Å²) in [4.78, 5) is 16.3. The van der Waals surface area contributed by atoms with Crippen LogP contribution in [0.5, 0.6) is 0 Å². The van der Waals surface area contributed by atoms with Gasteiger partial charge in [0.1, 0.15) is 5.52 Å². The molecule has 1 fully saturated rings. The van der Waals surface area contributed by atoms with E-state index in [9.17, 15) is 4.79 Å². The van der Waals surface area contributed by atoms with E-state index in [2.05, 4.69) is 10.3 Å². The van der Waals surface area contributed by atoms with E-state index in [-0.39, 0.29) is 5.91 Å². The number of nitrogens with one attached hydrogen (secondary N) is 1. The third kappa shape index (κ3) is 3.63. The quantitative estimate of drug-likeness (QED) is 0.904. The van der Waals surface area contributed by atoms with Crippen LogP contribution >= 0.6 is 0 Å². The predicted octanol–water partition coefficient (Wildman–Crippen LogP) is 4.44. The number of carbonyl (C=O) groups excluding carboxylic acids is 1. The molecule has 0 aliphatic heterocycles. The molecule has 3 rings (SSSR count). The van der Waals surface area contributed by atoms with E-state index in [1.165, 1.54) is 32.1 Å². The minimum Gasteiger partial charge on any atom is -0.441 e. The summed E-state index contributed by atoms with van der Waals surface area (Å²) < 4.78 is 5.43. The van der Waals surface area contributed by atoms with Crippen molar-refractivity contribution in [3.05, 3.63) is 24.1 Å². The fraction of sp³-hybridized carbons (Fsp3) is 0.529. The number of hydrogen-bond donors (Lipinski definition) is 1. The van der Waals surface area contributed by atoms with Crippen molar-refractivity contribution in [1.29, 1.82) is 0 Å². The van der Waals surface area contributed by atoms with Crippen LogP contribution in [0.2, 0.25) is 0 Å². The zero-order chi connectivity index (χ0) is 14.7. The van der Waals surface area contributed by atoms with Gasteiger partial charge in [0, 0.05) is 19.0 Å². The van der Waals surface area contributed by atoms with Crippen LogP contribution in [0.25, 0.3) is 11.1 Å². The summed E-state index contributed by atoms with van der Waals surface area (Å²) in [6.07, 6.45) is 8.22. The molecule has 1 aliphatic carbocycles. The first-order valence-corrected chi connectivity index (χ1v) is 7.88. The van der Waals surface area contributed by atoms with Crippen molar-refractivity contribution in [1.82, 2.24) is 4.98 Å². The van der Waals surface area contributed by atoms with Crippen LogP contribution in [0.4, 0.5) is 5.69 Å². The Kier molecular flexibility index (Phi) is 4.23. The molecule has 0 spiro atoms. The first-order valence-electron chi connectivity index (χ1n) is 7.88. The van der Waals surface area contributed by atoms with E-state index < -0.39 is 0 Å². The van der Waals surface area contributed by atoms with Gasteiger partial charge in [0.05, 0.1) is 0 Å². The molecule has 0 bridgehead atoms. The topological polar surface area (TPSA) is 55.1 Å². The molecule has 0 saturated heterocycles. The Balaban J connectivity index is 1.55. The number of fused-ring (bicyclic) bond motifs is 1. The van der Waals surface area contributed by atoms with Gasteiger partial charge in [0.2, 0.25) is 5.91 Å². The van der Waals surface area contributed by atoms with Crippen molar-refractivity contribution in [2.45, 2.75) is 51.9 Å². The fourth-order valence-electron chi connectivity index (χ4n) is 3.15. The summed E-state index contributed by atoms with van der Waals surface area (Å²) in [5.74, 6) is 1.48. The standard InChI is InChI=1S/C17H22N2O2/c1-12-18-15-11-14(8-9-16(15)21-12)19-17(20)10-7-13-5-3-2-4-6-13/h8-9,11,13H,2-7,10H2,1H3,(H,19,20). The van der Waals surface area contributed by atoms with Gasteiger partial charge in [-0.3, -0.25) is 4.79 Å². The van der Waals surface area contributed by atoms with Gasteiger partial charge in [-0.05, 0) is 30.5 Å². The van der Waals surface area contributed by atoms with Gasteiger partial charge in [-0.1, -0.05) is 32.1 Å². The van der Waals surface area contributed by atoms with Gasteiger partial charge >= 0.3 is 0 Å². The molecule has 1 aliphatic rings. The Bertz CT molecular complexity index is 627. The SMILES string of the molecule is Cc1nc2cc(NC(=O)CCC3CCCCC3)ccc2o1. The normalized spacial score (nSPS) is 16.2. The summed E-state index contributed by atoms with van der Waals surface area (Å²) in [6, 6.07) is 5.59. The lowest BCUT2D eigenvalue weighted by Crippen LogP contribution is -2.14. The highest BCUT2D eigenvalue weighted by Crippen LogP contribution is 2.27. The number of rotatable bonds is 4. The Labute approximate surface area is 124 Å². The van der Waals surface area contributed by atoms with Crippen LogP contribution in [-0.2, 0) is 4.79 Å². The zero-order valence-corrected chi connectivity index (χ0v) is 12.5. The monoisotopic (exact) mass is 286 g/mol. The highest BCUT2D eigenvalue weighted by atomic mass is 16.3. The molecule has 1 aromatic heterocycles. The van der Waals surface area contributed by atoms with Gasteiger partial charge in [-0.2, -0.15) is 0 Å². The molecule has 1 N–H and O–H groups in total. The number of amides is 1. The number of aromatic nitrogens is 1. The highest BCUT2D eigenvalue weighted by molar-refractivity contribution is 5.92. The minimum atomic E-state index is 0.0974. The van der Waals surface area contributed by atoms with Crippen LogP contribution in [0, 0.1) is 12.8 Å². The first kappa shape index (κ1) is 14.1. The van der Waals surface area contributed by atoms with Crippen LogP contribution in [0.3, 0.4) is 0 Å². The maximum Gasteiger partial charge on any atom is 0.224 e. The molecular weight excluding hydrogens is 264 g/mol. The van der Waals surface area contributed by atoms with Crippen molar-refractivity contribution in [2.24, 2.45) is 5.92 Å². The molecule has 2 aromatic rings. The second-order valence-corrected chi connectivity index (χ2v) is 6.01. The predicted molar refractivity (Wildman–Crippen MR) is 83.2 cm³/mol. The summed E-state index contributed by atoms with van der Waals surface area (Å²) in [5.41, 5.74) is 2.34. The van der Waals surface area contributed by atoms with Crippen molar-refractivity contribution in [2.75, 3.05) is 5.32 Å². The van der Waals surface area contributed by atoms with E-state index in [0.29, 0.717) is 12.3 Å². The fourth-order valence-corrected chi connectivity index (χ4v) is 3.15. The lowest BCUT2D eigenvalue weighted by molar-refractivity contribution is -0.116. The average Bonchev–Trinajstić information content (AvgIpc) is 2.85. The molecule has 1 amide bonds. The molecule has 21 heavy (non-hydrogen) atoms. The third-order valence-electron chi connectivity index (χ3n) is 4.28. The molecule has 1 heterocycles. The molecule has 1 saturated carbocycles. The van der Waals surface area contributed by atoms with Gasteiger partial charge < -0.3 is 9.73 Å². The van der Waals surface area contributed by atoms with Crippen LogP contribution in [0.1, 0.15) is 50.8 Å². The van der Waals surface area contributed by atoms with Gasteiger partial charge in [-0.25, -0.2) is 4.98 Å². The average molecular weight is 286 g/mol. The number of anilines is 1. The Morgan fingerprint density at radius 1 is 1.33 bits per heavy atom. The van der Waals surface area contributed by atoms with Crippen molar-refractivity contribution < 1.29 is 9.21 Å². The second-order valence-electron chi connectivity index (χ2n) is 6.01. The third-order valence-corrected chi connectivity index (χ3v) is 4.28. The number of nitrogens with zero attached hydrogens (tertiary/aromatic N) is 1. The van der Waals surface area contributed by atoms with Crippen LogP contribution < -0.4 is 5.32 Å². The summed E-state index contributed by atoms with van der Waals surface area (Å²) in [6.45, 7) is 1.82. The van der Waals surface area contributed by atoms with Gasteiger partial charge in [0.25, 0.3) is 0 Å². The first-order chi connectivity index (χ1) is 10.2. The van der Waals surface area contributed by atoms with Crippen LogP contribution in [-0.4, -0.2) is 10.9 Å². The molecule has 4 nitrogen and oxygen atoms in total. The number of oxazole rings is 1. The van der Waals surface area contributed by atoms with Gasteiger partial charge in [-0.15, -0.1) is 0 Å². The zero-order valence-electron chi connectivity index (χ0n) is 12.5. The lowest BCUT2D eigenvalue weighted by Gasteiger charge is -2.20. The molecular formula is C17H22N2O2. The molecule has 0 atom stereocenters. The Morgan fingerprint density at radius 3 is 2.95 bits per heavy atom. The van der Waals surface area contributed by atoms with Crippen molar-refractivity contribution in [3.63, 3.8) is 0 Å². The molecule has 112 valence electrons. The van der Waals surface area contributed by atoms with E-state index in [4.69, 9.17) is 4.42 Å². The molecule has 0 unspecified atom stereocenters. The lowest BCUT2D eigenvalue weighted by atomic mass is 9.86. The Hall–Kier alpha value is -1.84. The summed E-state index contributed by atoms with van der Waals surface area (Å²) in [5, 5.41) is 2.96. The number of carbonyl (C=O) groups is 1. The maximum atomic E-state index is 12.0. The van der Waals surface area contributed by atoms with E-state index in [1.807, 2.05) is 25.1 Å². The van der Waals surface area contributed by atoms with E-state index in [0.717, 1.165) is 29.1 Å². The largest absolute Gasteiger partial charge is 0.441 e. The smallest absolute Gasteiger partial charge is 0.224 e. The highest BCUT2D eigenvalue weighted by Gasteiger charge is 2.15. The molecule has 1 aromatic carbocycles. The van der Waals surface area contributed by atoms with E-state index in [1.54, 1.807) is 0 Å². The summed E-state index contributed by atoms with van der Waals surface area (Å²) >= 11 is 0. The maximum absolute atomic E-state index is 12.0. The van der Waals surface area contributed by atoms with Crippen molar-refractivity contribution >= 4 is 22.7 Å². The number of benzene rings is 1. The molecule has 0 radical (unpaired) electrons.